The van der Waals surface area contributed by atoms with Crippen molar-refractivity contribution in [2.75, 3.05) is 0 Å². The van der Waals surface area contributed by atoms with E-state index in [1.54, 1.807) is 17.6 Å². The van der Waals surface area contributed by atoms with Gasteiger partial charge in [-0.05, 0) is 0 Å². The number of halogens is 2. The molecule has 4 aliphatic rings. The minimum absolute atomic E-state index is 0. The van der Waals surface area contributed by atoms with Crippen molar-refractivity contribution in [3.63, 3.8) is 0 Å². The van der Waals surface area contributed by atoms with Crippen LogP contribution in [0.25, 0.3) is 22.3 Å². The number of rotatable bonds is 4. The molecule has 59 heavy (non-hydrogen) atoms. The normalized spacial score (nSPS) is 18.5. The second-order valence-electron chi connectivity index (χ2n) is 22.2. The monoisotopic (exact) mass is 898 g/mol. The van der Waals surface area contributed by atoms with Gasteiger partial charge in [-0.2, -0.15) is 0 Å². The first-order valence-corrected chi connectivity index (χ1v) is 25.4. The molecule has 0 aromatic heterocycles. The van der Waals surface area contributed by atoms with Crippen molar-refractivity contribution in [3.8, 4) is 11.1 Å². The third kappa shape index (κ3) is 7.83. The van der Waals surface area contributed by atoms with Crippen LogP contribution >= 0.6 is 0 Å². The van der Waals surface area contributed by atoms with Crippen molar-refractivity contribution < 1.29 is 46.1 Å². The summed E-state index contributed by atoms with van der Waals surface area (Å²) in [6.07, 6.45) is 10.3. The molecule has 0 saturated carbocycles. The van der Waals surface area contributed by atoms with Gasteiger partial charge in [0.1, 0.15) is 0 Å². The zero-order valence-electron chi connectivity index (χ0n) is 38.6. The zero-order valence-corrected chi connectivity index (χ0v) is 42.6. The van der Waals surface area contributed by atoms with Crippen LogP contribution in [0.1, 0.15) is 170 Å². The summed E-state index contributed by atoms with van der Waals surface area (Å²) in [5.41, 5.74) is 22.1. The van der Waals surface area contributed by atoms with Crippen LogP contribution in [-0.2, 0) is 42.9 Å². The molecule has 0 nitrogen and oxygen atoms in total. The predicted octanol–water partition coefficient (Wildman–Crippen LogP) is 9.14. The Labute approximate surface area is 377 Å². The number of fused-ring (bicyclic) bond motifs is 5. The summed E-state index contributed by atoms with van der Waals surface area (Å²) in [4.78, 5) is 0. The first-order chi connectivity index (χ1) is 26.4. The average molecular weight is 901 g/mol. The first-order valence-electron chi connectivity index (χ1n) is 21.5. The molecular weight excluding hydrogens is 835 g/mol. The Morgan fingerprint density at radius 3 is 1.27 bits per heavy atom. The molecule has 0 heterocycles. The summed E-state index contributed by atoms with van der Waals surface area (Å²) in [6.45, 7) is 38.0. The predicted molar refractivity (Wildman–Crippen MR) is 245 cm³/mol. The molecule has 0 bridgehead atoms. The van der Waals surface area contributed by atoms with Crippen molar-refractivity contribution in [2.24, 2.45) is 11.3 Å². The summed E-state index contributed by atoms with van der Waals surface area (Å²) in [5.74, 6) is 0.392. The molecule has 4 aromatic carbocycles. The largest absolute Gasteiger partial charge is 1.00 e. The van der Waals surface area contributed by atoms with Gasteiger partial charge in [-0.3, -0.25) is 0 Å². The van der Waals surface area contributed by atoms with E-state index in [9.17, 15) is 0 Å². The number of hydrogen-bond donors (Lipinski definition) is 0. The van der Waals surface area contributed by atoms with Crippen LogP contribution < -0.4 is 24.8 Å². The maximum Gasteiger partial charge on any atom is -1.00 e. The molecule has 0 amide bonds. The fraction of sp³-hybridized carbons (Fsp3) is 0.411. The van der Waals surface area contributed by atoms with Crippen molar-refractivity contribution >= 4 is 14.4 Å². The van der Waals surface area contributed by atoms with Crippen molar-refractivity contribution in [3.05, 3.63) is 162 Å². The number of benzene rings is 4. The van der Waals surface area contributed by atoms with Gasteiger partial charge in [-0.15, -0.1) is 0 Å². The van der Waals surface area contributed by atoms with Gasteiger partial charge in [0.2, 0.25) is 0 Å². The van der Waals surface area contributed by atoms with Crippen molar-refractivity contribution in [1.82, 2.24) is 0 Å². The molecule has 1 atom stereocenters. The van der Waals surface area contributed by atoms with Gasteiger partial charge < -0.3 is 24.8 Å². The summed E-state index contributed by atoms with van der Waals surface area (Å²) in [6, 6.07) is 30.3. The van der Waals surface area contributed by atoms with Gasteiger partial charge in [0.15, 0.2) is 0 Å². The molecular formula is C56H66Cl2Zr. The SMILES string of the molecule is CC1=CC(C)(C)c2cc3c(cc21)-c1cc2c(cc1[CH]3[Zr+2]([C]1=CC(C(C)(C)C)=CC1C)=[C](c1ccc(C(C)(C)C)cc1)c1ccc(C(C)(C)C)cc1)C(C)(C)C=C2C.[Cl-].[Cl-]. The summed E-state index contributed by atoms with van der Waals surface area (Å²) < 4.78 is 3.69. The Hall–Kier alpha value is -2.83. The summed E-state index contributed by atoms with van der Waals surface area (Å²) in [5, 5.41) is 0. The van der Waals surface area contributed by atoms with Crippen molar-refractivity contribution in [1.29, 1.82) is 0 Å². The molecule has 3 heteroatoms. The molecule has 0 spiro atoms. The van der Waals surface area contributed by atoms with Gasteiger partial charge >= 0.3 is 356 Å². The summed E-state index contributed by atoms with van der Waals surface area (Å²) in [7, 11) is 0. The number of hydrogen-bond acceptors (Lipinski definition) is 0. The van der Waals surface area contributed by atoms with E-state index in [1.807, 2.05) is 0 Å². The van der Waals surface area contributed by atoms with Crippen LogP contribution in [0.5, 0.6) is 0 Å². The standard InChI is InChI=1S/C25H25.C21H26.C10H15.2ClH.Zr/c1-14-12-24(3,4)22-8-16-7-17-9-23-19(15(2)13-25(23,5)6)11-21(17)20(16)10-18(14)22;1-20(2,3)18-11-7-16(8-12-18)15-17-9-13-19(14-10-17)21(4,5)6;1-8-5-6-9(7-8)10(2,3)4;;;/h7-13H,1-6H3;7-14H,1-6H3;6-8H,1-4H3;2*1H;/q;;;;;+2/p-2. The minimum atomic E-state index is -3.08. The topological polar surface area (TPSA) is 0 Å². The Morgan fingerprint density at radius 2 is 0.932 bits per heavy atom. The van der Waals surface area contributed by atoms with Crippen LogP contribution in [0.4, 0.5) is 0 Å². The molecule has 0 saturated heterocycles. The van der Waals surface area contributed by atoms with E-state index < -0.39 is 21.3 Å². The van der Waals surface area contributed by atoms with Gasteiger partial charge in [0.25, 0.3) is 0 Å². The van der Waals surface area contributed by atoms with Crippen LogP contribution in [0.15, 0.2) is 106 Å². The van der Waals surface area contributed by atoms with Crippen LogP contribution in [0.3, 0.4) is 0 Å². The minimum Gasteiger partial charge on any atom is -1.00 e. The molecule has 0 radical (unpaired) electrons. The van der Waals surface area contributed by atoms with Gasteiger partial charge in [0.05, 0.1) is 0 Å². The Morgan fingerprint density at radius 1 is 0.542 bits per heavy atom. The van der Waals surface area contributed by atoms with E-state index in [4.69, 9.17) is 0 Å². The van der Waals surface area contributed by atoms with E-state index in [2.05, 4.69) is 208 Å². The molecule has 4 aromatic rings. The van der Waals surface area contributed by atoms with Gasteiger partial charge in [0, 0.05) is 0 Å². The van der Waals surface area contributed by atoms with E-state index in [-0.39, 0.29) is 51.9 Å². The summed E-state index contributed by atoms with van der Waals surface area (Å²) >= 11 is -3.08. The molecule has 8 rings (SSSR count). The third-order valence-corrected chi connectivity index (χ3v) is 22.4. The van der Waals surface area contributed by atoms with Crippen LogP contribution in [0.2, 0.25) is 0 Å². The Bertz CT molecular complexity index is 2360. The first kappa shape index (κ1) is 45.7. The quantitative estimate of drug-likeness (QED) is 0.192. The van der Waals surface area contributed by atoms with Crippen molar-refractivity contribution in [2.45, 2.75) is 136 Å². The fourth-order valence-electron chi connectivity index (χ4n) is 10.5. The molecule has 308 valence electrons. The smallest absolute Gasteiger partial charge is 1.00 e. The maximum absolute atomic E-state index is 3.08. The van der Waals surface area contributed by atoms with E-state index in [0.717, 1.165) is 0 Å². The van der Waals surface area contributed by atoms with Crippen LogP contribution in [0, 0.1) is 11.3 Å². The Balaban J connectivity index is 0.00000293. The second kappa shape index (κ2) is 15.2. The van der Waals surface area contributed by atoms with Crippen LogP contribution in [-0.4, -0.2) is 3.21 Å². The molecule has 0 aliphatic heterocycles. The van der Waals surface area contributed by atoms with Gasteiger partial charge in [-0.1, -0.05) is 0 Å². The van der Waals surface area contributed by atoms with Gasteiger partial charge in [-0.25, -0.2) is 0 Å². The van der Waals surface area contributed by atoms with E-state index in [1.165, 1.54) is 72.4 Å². The molecule has 4 aliphatic carbocycles. The second-order valence-corrected chi connectivity index (χ2v) is 28.3. The Kier molecular flexibility index (Phi) is 11.8. The molecule has 0 N–H and O–H groups in total. The molecule has 1 unspecified atom stereocenters. The molecule has 0 fully saturated rings. The number of allylic oxidation sites excluding steroid dienone is 8. The maximum atomic E-state index is 2.70. The fourth-order valence-corrected chi connectivity index (χ4v) is 19.9. The average Bonchev–Trinajstić information content (AvgIpc) is 3.78. The van der Waals surface area contributed by atoms with E-state index in [0.29, 0.717) is 9.54 Å². The third-order valence-electron chi connectivity index (χ3n) is 13.7. The zero-order chi connectivity index (χ0) is 41.4. The van der Waals surface area contributed by atoms with E-state index >= 15 is 0 Å².